The summed E-state index contributed by atoms with van der Waals surface area (Å²) in [6.07, 6.45) is 7.28. The Bertz CT molecular complexity index is 1030. The van der Waals surface area contributed by atoms with Crippen molar-refractivity contribution in [3.05, 3.63) is 108 Å². The minimum Gasteiger partial charge on any atom is -0.356 e. The summed E-state index contributed by atoms with van der Waals surface area (Å²) in [5.74, 6) is 0. The van der Waals surface area contributed by atoms with Gasteiger partial charge in [0.1, 0.15) is 0 Å². The smallest absolute Gasteiger partial charge is 0.0384 e. The Balaban J connectivity index is 1.33. The Morgan fingerprint density at radius 2 is 0.706 bits per heavy atom. The van der Waals surface area contributed by atoms with E-state index in [9.17, 15) is 0 Å². The topological polar surface area (TPSA) is 24.1 Å². The van der Waals surface area contributed by atoms with Gasteiger partial charge < -0.3 is 10.6 Å². The fraction of sp³-hybridized carbons (Fsp3) is 0.250. The van der Waals surface area contributed by atoms with E-state index in [2.05, 4.69) is 122 Å². The monoisotopic (exact) mass is 448 g/mol. The third-order valence-electron chi connectivity index (χ3n) is 6.23. The Morgan fingerprint density at radius 3 is 1.00 bits per heavy atom. The Hall–Kier alpha value is -3.52. The van der Waals surface area contributed by atoms with Gasteiger partial charge in [-0.2, -0.15) is 0 Å². The van der Waals surface area contributed by atoms with Crippen molar-refractivity contribution in [2.75, 3.05) is 10.6 Å². The van der Waals surface area contributed by atoms with Crippen LogP contribution >= 0.6 is 0 Å². The van der Waals surface area contributed by atoms with E-state index >= 15 is 0 Å². The Morgan fingerprint density at radius 1 is 0.412 bits per heavy atom. The lowest BCUT2D eigenvalue weighted by atomic mass is 10.0. The van der Waals surface area contributed by atoms with E-state index in [4.69, 9.17) is 0 Å². The molecule has 0 radical (unpaired) electrons. The van der Waals surface area contributed by atoms with Crippen molar-refractivity contribution < 1.29 is 0 Å². The van der Waals surface area contributed by atoms with Gasteiger partial charge in [0, 0.05) is 22.7 Å². The van der Waals surface area contributed by atoms with Crippen molar-refractivity contribution in [1.29, 1.82) is 0 Å². The summed E-state index contributed by atoms with van der Waals surface area (Å²) in [5, 5.41) is 7.01. The Kier molecular flexibility index (Phi) is 8.40. The van der Waals surface area contributed by atoms with Gasteiger partial charge in [0.05, 0.1) is 0 Å². The van der Waals surface area contributed by atoms with E-state index < -0.39 is 0 Å². The summed E-state index contributed by atoms with van der Waals surface area (Å²) in [6.45, 7) is 4.47. The van der Waals surface area contributed by atoms with Crippen LogP contribution in [0.3, 0.4) is 0 Å². The van der Waals surface area contributed by atoms with Crippen LogP contribution in [0.4, 0.5) is 22.7 Å². The molecule has 34 heavy (non-hydrogen) atoms. The van der Waals surface area contributed by atoms with Crippen LogP contribution in [0.1, 0.15) is 50.7 Å². The molecule has 4 rings (SSSR count). The van der Waals surface area contributed by atoms with Crippen LogP contribution in [0.2, 0.25) is 0 Å². The number of nitrogens with one attached hydrogen (secondary N) is 2. The molecule has 0 aliphatic rings. The van der Waals surface area contributed by atoms with Crippen LogP contribution < -0.4 is 10.6 Å². The average Bonchev–Trinajstić information content (AvgIpc) is 2.89. The van der Waals surface area contributed by atoms with Crippen LogP contribution in [-0.4, -0.2) is 0 Å². The zero-order valence-corrected chi connectivity index (χ0v) is 20.5. The highest BCUT2D eigenvalue weighted by Crippen LogP contribution is 2.26. The molecule has 2 heteroatoms. The highest BCUT2D eigenvalue weighted by atomic mass is 14.9. The van der Waals surface area contributed by atoms with Crippen LogP contribution in [0.25, 0.3) is 11.1 Å². The summed E-state index contributed by atoms with van der Waals surface area (Å²) in [4.78, 5) is 0. The lowest BCUT2D eigenvalue weighted by Crippen LogP contribution is -1.92. The zero-order chi connectivity index (χ0) is 23.6. The van der Waals surface area contributed by atoms with E-state index in [1.165, 1.54) is 47.9 Å². The van der Waals surface area contributed by atoms with Gasteiger partial charge >= 0.3 is 0 Å². The van der Waals surface area contributed by atoms with Gasteiger partial charge in [-0.05, 0) is 96.5 Å². The second-order valence-electron chi connectivity index (χ2n) is 9.01. The molecule has 0 atom stereocenters. The quantitative estimate of drug-likeness (QED) is 0.239. The first-order valence-corrected chi connectivity index (χ1v) is 12.7. The molecule has 174 valence electrons. The molecule has 2 N–H and O–H groups in total. The van der Waals surface area contributed by atoms with Crippen LogP contribution in [-0.2, 0) is 12.8 Å². The summed E-state index contributed by atoms with van der Waals surface area (Å²) < 4.78 is 0. The Labute approximate surface area is 205 Å². The molecular weight excluding hydrogens is 412 g/mol. The van der Waals surface area contributed by atoms with E-state index in [-0.39, 0.29) is 0 Å². The number of anilines is 4. The molecule has 0 unspecified atom stereocenters. The maximum atomic E-state index is 3.51. The number of unbranched alkanes of at least 4 members (excludes halogenated alkanes) is 2. The average molecular weight is 449 g/mol. The molecule has 0 fully saturated rings. The predicted molar refractivity (Wildman–Crippen MR) is 149 cm³/mol. The first-order chi connectivity index (χ1) is 16.7. The summed E-state index contributed by atoms with van der Waals surface area (Å²) in [6, 6.07) is 34.9. The minimum absolute atomic E-state index is 1.10. The first kappa shape index (κ1) is 23.6. The molecule has 0 saturated carbocycles. The van der Waals surface area contributed by atoms with Crippen LogP contribution in [0, 0.1) is 0 Å². The van der Waals surface area contributed by atoms with Gasteiger partial charge in [0.15, 0.2) is 0 Å². The van der Waals surface area contributed by atoms with E-state index in [1.807, 2.05) is 0 Å². The van der Waals surface area contributed by atoms with Crippen molar-refractivity contribution in [2.24, 2.45) is 0 Å². The van der Waals surface area contributed by atoms with Crippen molar-refractivity contribution in [3.8, 4) is 11.1 Å². The van der Waals surface area contributed by atoms with Crippen molar-refractivity contribution in [2.45, 2.75) is 52.4 Å². The molecule has 0 aromatic heterocycles. The molecule has 0 aliphatic carbocycles. The number of benzene rings is 4. The summed E-state index contributed by atoms with van der Waals surface area (Å²) in [7, 11) is 0. The van der Waals surface area contributed by atoms with Crippen molar-refractivity contribution in [3.63, 3.8) is 0 Å². The standard InChI is InChI=1S/C32H36N2/c1-3-5-7-25-9-17-29(18-10-25)33-31-21-13-27(14-22-31)28-15-23-32(24-16-28)34-30-19-11-26(12-20-30)8-6-4-2/h9-24,33-34H,3-8H2,1-2H3. The van der Waals surface area contributed by atoms with Gasteiger partial charge in [-0.25, -0.2) is 0 Å². The molecule has 0 amide bonds. The number of rotatable bonds is 11. The molecule has 4 aromatic carbocycles. The minimum atomic E-state index is 1.10. The lowest BCUT2D eigenvalue weighted by molar-refractivity contribution is 0.795. The molecule has 0 heterocycles. The molecule has 0 bridgehead atoms. The molecule has 0 spiro atoms. The second kappa shape index (κ2) is 12.1. The fourth-order valence-corrected chi connectivity index (χ4v) is 4.10. The van der Waals surface area contributed by atoms with Crippen LogP contribution in [0.5, 0.6) is 0 Å². The predicted octanol–water partition coefficient (Wildman–Crippen LogP) is 9.53. The van der Waals surface area contributed by atoms with E-state index in [1.54, 1.807) is 0 Å². The molecule has 4 aromatic rings. The summed E-state index contributed by atoms with van der Waals surface area (Å²) in [5.41, 5.74) is 9.70. The third-order valence-corrected chi connectivity index (χ3v) is 6.23. The third kappa shape index (κ3) is 6.74. The second-order valence-corrected chi connectivity index (χ2v) is 9.01. The van der Waals surface area contributed by atoms with Gasteiger partial charge in [0.25, 0.3) is 0 Å². The maximum absolute atomic E-state index is 3.51. The SMILES string of the molecule is CCCCc1ccc(Nc2ccc(-c3ccc(Nc4ccc(CCCC)cc4)cc3)cc2)cc1. The maximum Gasteiger partial charge on any atom is 0.0384 e. The fourth-order valence-electron chi connectivity index (χ4n) is 4.10. The highest BCUT2D eigenvalue weighted by Gasteiger charge is 2.02. The number of hydrogen-bond donors (Lipinski definition) is 2. The first-order valence-electron chi connectivity index (χ1n) is 12.7. The van der Waals surface area contributed by atoms with Gasteiger partial charge in [-0.1, -0.05) is 75.2 Å². The van der Waals surface area contributed by atoms with Crippen molar-refractivity contribution in [1.82, 2.24) is 0 Å². The van der Waals surface area contributed by atoms with Crippen molar-refractivity contribution >= 4 is 22.7 Å². The largest absolute Gasteiger partial charge is 0.356 e. The molecule has 0 aliphatic heterocycles. The van der Waals surface area contributed by atoms with E-state index in [0.717, 1.165) is 35.6 Å². The normalized spacial score (nSPS) is 10.8. The molecule has 0 saturated heterocycles. The molecular formula is C32H36N2. The zero-order valence-electron chi connectivity index (χ0n) is 20.5. The van der Waals surface area contributed by atoms with Gasteiger partial charge in [0.2, 0.25) is 0 Å². The highest BCUT2D eigenvalue weighted by molar-refractivity contribution is 5.71. The summed E-state index contributed by atoms with van der Waals surface area (Å²) >= 11 is 0. The lowest BCUT2D eigenvalue weighted by Gasteiger charge is -2.10. The molecule has 2 nitrogen and oxygen atoms in total. The van der Waals surface area contributed by atoms with Gasteiger partial charge in [-0.15, -0.1) is 0 Å². The van der Waals surface area contributed by atoms with Crippen LogP contribution in [0.15, 0.2) is 97.1 Å². The number of aryl methyl sites for hydroxylation is 2. The number of hydrogen-bond acceptors (Lipinski definition) is 2. The van der Waals surface area contributed by atoms with Gasteiger partial charge in [-0.3, -0.25) is 0 Å². The van der Waals surface area contributed by atoms with E-state index in [0.29, 0.717) is 0 Å².